The number of hydrogen-bond donors (Lipinski definition) is 3. The van der Waals surface area contributed by atoms with E-state index >= 15 is 0 Å². The van der Waals surface area contributed by atoms with Gasteiger partial charge in [-0.1, -0.05) is 11.8 Å². The highest BCUT2D eigenvalue weighted by molar-refractivity contribution is 8.14. The monoisotopic (exact) mass is 337 g/mol. The van der Waals surface area contributed by atoms with Crippen LogP contribution in [0.25, 0.3) is 0 Å². The van der Waals surface area contributed by atoms with E-state index in [0.717, 1.165) is 5.75 Å². The molecule has 9 heteroatoms. The molecule has 0 aliphatic carbocycles. The standard InChI is InChI=1S/C14H15N3O5S/c18-6-9(13(20)17-14-15-3-4-23-14)16-12(19)8-1-2-10-11(5-8)22-7-21-10/h1-2,5,9,18H,3-4,6-7H2,(H,16,19)(H,15,17,20). The van der Waals surface area contributed by atoms with Crippen LogP contribution < -0.4 is 20.1 Å². The smallest absolute Gasteiger partial charge is 0.252 e. The van der Waals surface area contributed by atoms with E-state index < -0.39 is 24.5 Å². The summed E-state index contributed by atoms with van der Waals surface area (Å²) in [4.78, 5) is 28.4. The summed E-state index contributed by atoms with van der Waals surface area (Å²) >= 11 is 1.42. The van der Waals surface area contributed by atoms with Crippen molar-refractivity contribution in [3.05, 3.63) is 23.8 Å². The molecule has 2 heterocycles. The lowest BCUT2D eigenvalue weighted by Crippen LogP contribution is -2.49. The van der Waals surface area contributed by atoms with Crippen molar-refractivity contribution in [3.63, 3.8) is 0 Å². The number of nitrogens with zero attached hydrogens (tertiary/aromatic N) is 1. The fourth-order valence-electron chi connectivity index (χ4n) is 2.08. The average molecular weight is 337 g/mol. The number of ether oxygens (including phenoxy) is 2. The number of fused-ring (bicyclic) bond motifs is 1. The number of benzene rings is 1. The first-order valence-corrected chi connectivity index (χ1v) is 7.95. The molecule has 0 saturated heterocycles. The van der Waals surface area contributed by atoms with Crippen molar-refractivity contribution in [3.8, 4) is 11.5 Å². The van der Waals surface area contributed by atoms with Crippen LogP contribution in [0.1, 0.15) is 10.4 Å². The molecule has 8 nitrogen and oxygen atoms in total. The zero-order chi connectivity index (χ0) is 16.2. The van der Waals surface area contributed by atoms with E-state index in [0.29, 0.717) is 28.8 Å². The minimum atomic E-state index is -1.06. The summed E-state index contributed by atoms with van der Waals surface area (Å²) in [7, 11) is 0. The van der Waals surface area contributed by atoms with Gasteiger partial charge in [0.1, 0.15) is 6.04 Å². The van der Waals surface area contributed by atoms with Gasteiger partial charge in [0.15, 0.2) is 16.7 Å². The van der Waals surface area contributed by atoms with Crippen LogP contribution in [0.3, 0.4) is 0 Å². The molecule has 0 fully saturated rings. The van der Waals surface area contributed by atoms with Gasteiger partial charge in [0.2, 0.25) is 6.79 Å². The molecular formula is C14H15N3O5S. The molecule has 3 rings (SSSR count). The minimum absolute atomic E-state index is 0.113. The van der Waals surface area contributed by atoms with Gasteiger partial charge in [-0.25, -0.2) is 0 Å². The van der Waals surface area contributed by atoms with Crippen LogP contribution in [0.4, 0.5) is 0 Å². The van der Waals surface area contributed by atoms with Gasteiger partial charge in [-0.05, 0) is 18.2 Å². The average Bonchev–Trinajstić information content (AvgIpc) is 3.22. The van der Waals surface area contributed by atoms with E-state index in [4.69, 9.17) is 9.47 Å². The second-order valence-corrected chi connectivity index (χ2v) is 5.88. The number of thioether (sulfide) groups is 1. The molecule has 2 aliphatic rings. The van der Waals surface area contributed by atoms with Crippen molar-refractivity contribution < 1.29 is 24.2 Å². The zero-order valence-corrected chi connectivity index (χ0v) is 12.9. The summed E-state index contributed by atoms with van der Waals surface area (Å²) in [6, 6.07) is 3.65. The maximum atomic E-state index is 12.2. The molecule has 1 aromatic rings. The summed E-state index contributed by atoms with van der Waals surface area (Å²) in [5, 5.41) is 14.9. The summed E-state index contributed by atoms with van der Waals surface area (Å²) in [6.07, 6.45) is 0. The predicted octanol–water partition coefficient (Wildman–Crippen LogP) is -0.275. The number of amidine groups is 1. The molecule has 0 spiro atoms. The maximum Gasteiger partial charge on any atom is 0.252 e. The van der Waals surface area contributed by atoms with Crippen molar-refractivity contribution in [1.82, 2.24) is 10.6 Å². The molecular weight excluding hydrogens is 322 g/mol. The first-order chi connectivity index (χ1) is 11.2. The van der Waals surface area contributed by atoms with Crippen LogP contribution in [-0.4, -0.2) is 53.8 Å². The molecule has 0 saturated carbocycles. The van der Waals surface area contributed by atoms with Crippen LogP contribution in [-0.2, 0) is 4.79 Å². The van der Waals surface area contributed by atoms with Crippen LogP contribution in [0.2, 0.25) is 0 Å². The van der Waals surface area contributed by atoms with Crippen LogP contribution in [0, 0.1) is 0 Å². The van der Waals surface area contributed by atoms with Crippen molar-refractivity contribution in [2.45, 2.75) is 6.04 Å². The summed E-state index contributed by atoms with van der Waals surface area (Å²) in [5.41, 5.74) is 0.313. The van der Waals surface area contributed by atoms with E-state index in [1.165, 1.54) is 17.8 Å². The number of aliphatic hydroxyl groups excluding tert-OH is 1. The van der Waals surface area contributed by atoms with Crippen LogP contribution in [0.5, 0.6) is 11.5 Å². The summed E-state index contributed by atoms with van der Waals surface area (Å²) < 4.78 is 10.4. The fourth-order valence-corrected chi connectivity index (χ4v) is 2.81. The molecule has 23 heavy (non-hydrogen) atoms. The number of amides is 2. The lowest BCUT2D eigenvalue weighted by molar-refractivity contribution is -0.122. The number of nitrogens with one attached hydrogen (secondary N) is 2. The summed E-state index contributed by atoms with van der Waals surface area (Å²) in [5.74, 6) is 0.852. The highest BCUT2D eigenvalue weighted by atomic mass is 32.2. The Labute approximate surface area is 136 Å². The zero-order valence-electron chi connectivity index (χ0n) is 12.1. The molecule has 0 bridgehead atoms. The third kappa shape index (κ3) is 3.57. The SMILES string of the molecule is O=C(NC(CO)C(=O)NC1=NCCS1)c1ccc2c(c1)OCO2. The second-order valence-electron chi connectivity index (χ2n) is 4.80. The lowest BCUT2D eigenvalue weighted by Gasteiger charge is -2.16. The Morgan fingerprint density at radius 2 is 2.17 bits per heavy atom. The number of hydrogen-bond acceptors (Lipinski definition) is 7. The van der Waals surface area contributed by atoms with Gasteiger partial charge in [-0.3, -0.25) is 14.6 Å². The van der Waals surface area contributed by atoms with E-state index in [1.807, 2.05) is 0 Å². The van der Waals surface area contributed by atoms with Gasteiger partial charge in [-0.15, -0.1) is 0 Å². The van der Waals surface area contributed by atoms with E-state index in [-0.39, 0.29) is 6.79 Å². The van der Waals surface area contributed by atoms with Gasteiger partial charge >= 0.3 is 0 Å². The molecule has 1 unspecified atom stereocenters. The van der Waals surface area contributed by atoms with E-state index in [1.54, 1.807) is 12.1 Å². The third-order valence-corrected chi connectivity index (χ3v) is 4.15. The van der Waals surface area contributed by atoms with E-state index in [2.05, 4.69) is 15.6 Å². The van der Waals surface area contributed by atoms with Crippen molar-refractivity contribution in [2.24, 2.45) is 4.99 Å². The molecule has 2 aliphatic heterocycles. The number of carbonyl (C=O) groups is 2. The minimum Gasteiger partial charge on any atom is -0.454 e. The Kier molecular flexibility index (Phi) is 4.68. The van der Waals surface area contributed by atoms with Crippen molar-refractivity contribution in [2.75, 3.05) is 25.7 Å². The molecule has 0 aromatic heterocycles. The molecule has 1 aromatic carbocycles. The Morgan fingerprint density at radius 1 is 1.35 bits per heavy atom. The fraction of sp³-hybridized carbons (Fsp3) is 0.357. The second kappa shape index (κ2) is 6.88. The van der Waals surface area contributed by atoms with Crippen molar-refractivity contribution in [1.29, 1.82) is 0 Å². The Balaban J connectivity index is 1.63. The molecule has 2 amide bonds. The first kappa shape index (κ1) is 15.6. The molecule has 3 N–H and O–H groups in total. The van der Waals surface area contributed by atoms with E-state index in [9.17, 15) is 14.7 Å². The Morgan fingerprint density at radius 3 is 2.91 bits per heavy atom. The molecule has 1 atom stereocenters. The van der Waals surface area contributed by atoms with Crippen LogP contribution >= 0.6 is 11.8 Å². The topological polar surface area (TPSA) is 109 Å². The predicted molar refractivity (Wildman–Crippen MR) is 83.8 cm³/mol. The number of aliphatic hydroxyl groups is 1. The summed E-state index contributed by atoms with van der Waals surface area (Å²) in [6.45, 7) is 0.246. The Bertz CT molecular complexity index is 664. The highest BCUT2D eigenvalue weighted by Gasteiger charge is 2.24. The van der Waals surface area contributed by atoms with Gasteiger partial charge in [0, 0.05) is 11.3 Å². The molecule has 0 radical (unpaired) electrons. The van der Waals surface area contributed by atoms with Gasteiger partial charge in [-0.2, -0.15) is 0 Å². The normalized spacial score (nSPS) is 16.7. The largest absolute Gasteiger partial charge is 0.454 e. The lowest BCUT2D eigenvalue weighted by atomic mass is 10.1. The number of carbonyl (C=O) groups excluding carboxylic acids is 2. The van der Waals surface area contributed by atoms with Gasteiger partial charge < -0.3 is 25.2 Å². The maximum absolute atomic E-state index is 12.2. The quantitative estimate of drug-likeness (QED) is 0.697. The first-order valence-electron chi connectivity index (χ1n) is 6.97. The highest BCUT2D eigenvalue weighted by Crippen LogP contribution is 2.32. The number of aliphatic imine (C=N–C) groups is 1. The number of rotatable bonds is 4. The molecule has 122 valence electrons. The third-order valence-electron chi connectivity index (χ3n) is 3.25. The van der Waals surface area contributed by atoms with Crippen LogP contribution in [0.15, 0.2) is 23.2 Å². The van der Waals surface area contributed by atoms with Crippen molar-refractivity contribution >= 4 is 28.7 Å². The Hall–Kier alpha value is -2.26. The van der Waals surface area contributed by atoms with Gasteiger partial charge in [0.25, 0.3) is 11.8 Å². The van der Waals surface area contributed by atoms with Gasteiger partial charge in [0.05, 0.1) is 13.2 Å².